The lowest BCUT2D eigenvalue weighted by Gasteiger charge is -2.07. The van der Waals surface area contributed by atoms with Crippen LogP contribution in [0.4, 0.5) is 0 Å². The van der Waals surface area contributed by atoms with E-state index in [-0.39, 0.29) is 11.4 Å². The van der Waals surface area contributed by atoms with Crippen molar-refractivity contribution in [2.75, 3.05) is 6.61 Å². The lowest BCUT2D eigenvalue weighted by Crippen LogP contribution is -2.23. The molecule has 0 unspecified atom stereocenters. The van der Waals surface area contributed by atoms with E-state index in [2.05, 4.69) is 14.9 Å². The van der Waals surface area contributed by atoms with Crippen LogP contribution in [0.5, 0.6) is 5.75 Å². The summed E-state index contributed by atoms with van der Waals surface area (Å²) in [5.41, 5.74) is 0.705. The standard InChI is InChI=1S/C13H17N3O3S/c1-2-9-19-12-3-5-13(6-4-12)20(17,18)15-10-11-7-8-14-16-11/h3-8,15H,2,9-10H2,1H3,(H,14,16). The van der Waals surface area contributed by atoms with Gasteiger partial charge in [-0.3, -0.25) is 5.10 Å². The van der Waals surface area contributed by atoms with Gasteiger partial charge in [-0.25, -0.2) is 13.1 Å². The largest absolute Gasteiger partial charge is 0.494 e. The highest BCUT2D eigenvalue weighted by molar-refractivity contribution is 7.89. The van der Waals surface area contributed by atoms with Crippen LogP contribution in [-0.4, -0.2) is 25.2 Å². The SMILES string of the molecule is CCCOc1ccc(S(=O)(=O)NCc2ccn[nH]2)cc1. The highest BCUT2D eigenvalue weighted by Gasteiger charge is 2.13. The summed E-state index contributed by atoms with van der Waals surface area (Å²) in [7, 11) is -3.53. The van der Waals surface area contributed by atoms with Crippen molar-refractivity contribution >= 4 is 10.0 Å². The smallest absolute Gasteiger partial charge is 0.240 e. The molecule has 108 valence electrons. The van der Waals surface area contributed by atoms with Crippen molar-refractivity contribution in [1.82, 2.24) is 14.9 Å². The van der Waals surface area contributed by atoms with Crippen molar-refractivity contribution in [2.45, 2.75) is 24.8 Å². The minimum absolute atomic E-state index is 0.177. The predicted molar refractivity (Wildman–Crippen MR) is 74.8 cm³/mol. The summed E-state index contributed by atoms with van der Waals surface area (Å²) < 4.78 is 32.0. The number of sulfonamides is 1. The maximum absolute atomic E-state index is 12.1. The monoisotopic (exact) mass is 295 g/mol. The molecule has 2 aromatic rings. The van der Waals surface area contributed by atoms with Gasteiger partial charge in [0, 0.05) is 6.20 Å². The van der Waals surface area contributed by atoms with E-state index in [0.29, 0.717) is 18.1 Å². The number of aromatic amines is 1. The Morgan fingerprint density at radius 3 is 2.60 bits per heavy atom. The Bertz CT molecular complexity index is 621. The second-order valence-corrected chi connectivity index (χ2v) is 5.99. The predicted octanol–water partition coefficient (Wildman–Crippen LogP) is 1.68. The number of nitrogens with zero attached hydrogens (tertiary/aromatic N) is 1. The van der Waals surface area contributed by atoms with Crippen molar-refractivity contribution in [3.63, 3.8) is 0 Å². The third-order valence-electron chi connectivity index (χ3n) is 2.62. The van der Waals surface area contributed by atoms with Crippen LogP contribution < -0.4 is 9.46 Å². The van der Waals surface area contributed by atoms with E-state index in [0.717, 1.165) is 6.42 Å². The summed E-state index contributed by atoms with van der Waals surface area (Å²) in [6.45, 7) is 2.80. The molecule has 0 bridgehead atoms. The Hall–Kier alpha value is -1.86. The summed E-state index contributed by atoms with van der Waals surface area (Å²) in [4.78, 5) is 0.209. The molecule has 0 radical (unpaired) electrons. The molecule has 0 aliphatic heterocycles. The number of nitrogens with one attached hydrogen (secondary N) is 2. The van der Waals surface area contributed by atoms with E-state index in [9.17, 15) is 8.42 Å². The van der Waals surface area contributed by atoms with Crippen LogP contribution in [0.3, 0.4) is 0 Å². The number of benzene rings is 1. The molecule has 2 N–H and O–H groups in total. The fraction of sp³-hybridized carbons (Fsp3) is 0.308. The lowest BCUT2D eigenvalue weighted by atomic mass is 10.3. The minimum Gasteiger partial charge on any atom is -0.494 e. The first-order valence-electron chi connectivity index (χ1n) is 6.32. The fourth-order valence-electron chi connectivity index (χ4n) is 1.57. The fourth-order valence-corrected chi connectivity index (χ4v) is 2.58. The van der Waals surface area contributed by atoms with Crippen LogP contribution in [0.15, 0.2) is 41.4 Å². The topological polar surface area (TPSA) is 84.1 Å². The second kappa shape index (κ2) is 6.53. The lowest BCUT2D eigenvalue weighted by molar-refractivity contribution is 0.317. The first kappa shape index (κ1) is 14.5. The third-order valence-corrected chi connectivity index (χ3v) is 4.04. The summed E-state index contributed by atoms with van der Waals surface area (Å²) in [6, 6.07) is 8.08. The first-order valence-corrected chi connectivity index (χ1v) is 7.81. The van der Waals surface area contributed by atoms with Gasteiger partial charge in [-0.15, -0.1) is 0 Å². The summed E-state index contributed by atoms with van der Waals surface area (Å²) in [5.74, 6) is 0.666. The molecule has 1 aromatic carbocycles. The number of ether oxygens (including phenoxy) is 1. The van der Waals surface area contributed by atoms with Crippen LogP contribution >= 0.6 is 0 Å². The van der Waals surface area contributed by atoms with Gasteiger partial charge < -0.3 is 4.74 Å². The number of hydrogen-bond acceptors (Lipinski definition) is 4. The maximum atomic E-state index is 12.1. The molecule has 0 aliphatic carbocycles. The molecule has 7 heteroatoms. The van der Waals surface area contributed by atoms with Crippen LogP contribution in [-0.2, 0) is 16.6 Å². The first-order chi connectivity index (χ1) is 9.62. The summed E-state index contributed by atoms with van der Waals surface area (Å²) in [6.07, 6.45) is 2.48. The van der Waals surface area contributed by atoms with Gasteiger partial charge in [-0.1, -0.05) is 6.92 Å². The number of rotatable bonds is 7. The van der Waals surface area contributed by atoms with E-state index < -0.39 is 10.0 Å². The molecular weight excluding hydrogens is 278 g/mol. The van der Waals surface area contributed by atoms with E-state index in [1.165, 1.54) is 12.1 Å². The Balaban J connectivity index is 2.01. The Kier molecular flexibility index (Phi) is 4.75. The zero-order valence-corrected chi connectivity index (χ0v) is 12.0. The Morgan fingerprint density at radius 2 is 2.00 bits per heavy atom. The minimum atomic E-state index is -3.53. The number of hydrogen-bond donors (Lipinski definition) is 2. The normalized spacial score (nSPS) is 11.4. The highest BCUT2D eigenvalue weighted by Crippen LogP contribution is 2.16. The van der Waals surface area contributed by atoms with Crippen molar-refractivity contribution in [1.29, 1.82) is 0 Å². The van der Waals surface area contributed by atoms with Crippen molar-refractivity contribution < 1.29 is 13.2 Å². The van der Waals surface area contributed by atoms with Gasteiger partial charge in [0.2, 0.25) is 10.0 Å². The summed E-state index contributed by atoms with van der Waals surface area (Å²) in [5, 5.41) is 6.46. The zero-order valence-electron chi connectivity index (χ0n) is 11.2. The quantitative estimate of drug-likeness (QED) is 0.814. The van der Waals surface area contributed by atoms with Gasteiger partial charge in [0.1, 0.15) is 5.75 Å². The van der Waals surface area contributed by atoms with E-state index in [1.807, 2.05) is 6.92 Å². The molecule has 1 heterocycles. The maximum Gasteiger partial charge on any atom is 0.240 e. The van der Waals surface area contributed by atoms with Crippen LogP contribution in [0.25, 0.3) is 0 Å². The Morgan fingerprint density at radius 1 is 1.25 bits per heavy atom. The van der Waals surface area contributed by atoms with E-state index in [4.69, 9.17) is 4.74 Å². The number of H-pyrrole nitrogens is 1. The van der Waals surface area contributed by atoms with Crippen LogP contribution in [0.1, 0.15) is 19.0 Å². The van der Waals surface area contributed by atoms with Crippen molar-refractivity contribution in [3.8, 4) is 5.75 Å². The van der Waals surface area contributed by atoms with Gasteiger partial charge in [-0.2, -0.15) is 5.10 Å². The van der Waals surface area contributed by atoms with Crippen molar-refractivity contribution in [3.05, 3.63) is 42.2 Å². The molecule has 0 saturated heterocycles. The molecule has 0 fully saturated rings. The summed E-state index contributed by atoms with van der Waals surface area (Å²) >= 11 is 0. The Labute approximate surface area is 118 Å². The van der Waals surface area contributed by atoms with Gasteiger partial charge in [-0.05, 0) is 36.8 Å². The molecule has 0 atom stereocenters. The second-order valence-electron chi connectivity index (χ2n) is 4.23. The highest BCUT2D eigenvalue weighted by atomic mass is 32.2. The molecule has 1 aromatic heterocycles. The molecular formula is C13H17N3O3S. The molecule has 0 spiro atoms. The van der Waals surface area contributed by atoms with Gasteiger partial charge in [0.25, 0.3) is 0 Å². The molecule has 6 nitrogen and oxygen atoms in total. The zero-order chi connectivity index (χ0) is 14.4. The molecule has 2 rings (SSSR count). The van der Waals surface area contributed by atoms with E-state index in [1.54, 1.807) is 24.4 Å². The molecule has 20 heavy (non-hydrogen) atoms. The average Bonchev–Trinajstić information content (AvgIpc) is 2.97. The van der Waals surface area contributed by atoms with Crippen molar-refractivity contribution in [2.24, 2.45) is 0 Å². The average molecular weight is 295 g/mol. The molecule has 0 saturated carbocycles. The van der Waals surface area contributed by atoms with Gasteiger partial charge in [0.15, 0.2) is 0 Å². The van der Waals surface area contributed by atoms with Gasteiger partial charge >= 0.3 is 0 Å². The molecule has 0 aliphatic rings. The van der Waals surface area contributed by atoms with E-state index >= 15 is 0 Å². The van der Waals surface area contributed by atoms with Crippen LogP contribution in [0.2, 0.25) is 0 Å². The van der Waals surface area contributed by atoms with Gasteiger partial charge in [0.05, 0.1) is 23.7 Å². The van der Waals surface area contributed by atoms with Crippen LogP contribution in [0, 0.1) is 0 Å². The number of aromatic nitrogens is 2. The third kappa shape index (κ3) is 3.82. The molecule has 0 amide bonds.